The number of aromatic hydroxyl groups is 1. The third-order valence-electron chi connectivity index (χ3n) is 2.82. The summed E-state index contributed by atoms with van der Waals surface area (Å²) in [6.45, 7) is 1.59. The molecule has 2 rings (SSSR count). The summed E-state index contributed by atoms with van der Waals surface area (Å²) in [4.78, 5) is 24.3. The Kier molecular flexibility index (Phi) is 3.65. The van der Waals surface area contributed by atoms with Crippen LogP contribution < -0.4 is 5.56 Å². The molecule has 21 heavy (non-hydrogen) atoms. The van der Waals surface area contributed by atoms with Crippen molar-refractivity contribution in [1.82, 2.24) is 4.98 Å². The predicted molar refractivity (Wildman–Crippen MR) is 75.3 cm³/mol. The number of rotatable bonds is 2. The maximum atomic E-state index is 11.8. The molecule has 1 aromatic heterocycles. The number of nitrogens with one attached hydrogen (secondary N) is 1. The number of nitriles is 1. The highest BCUT2D eigenvalue weighted by atomic mass is 35.5. The van der Waals surface area contributed by atoms with Crippen molar-refractivity contribution in [2.75, 3.05) is 0 Å². The maximum absolute atomic E-state index is 11.8. The van der Waals surface area contributed by atoms with Gasteiger partial charge >= 0.3 is 5.69 Å². The van der Waals surface area contributed by atoms with Crippen LogP contribution in [0.2, 0.25) is 5.02 Å². The first-order valence-electron chi connectivity index (χ1n) is 5.66. The number of hydrogen-bond acceptors (Lipinski definition) is 5. The Bertz CT molecular complexity index is 852. The molecule has 1 aromatic carbocycles. The van der Waals surface area contributed by atoms with Gasteiger partial charge < -0.3 is 10.1 Å². The number of nitro groups is 1. The minimum atomic E-state index is -0.795. The summed E-state index contributed by atoms with van der Waals surface area (Å²) in [5.74, 6) is -0.647. The van der Waals surface area contributed by atoms with Crippen molar-refractivity contribution in [2.24, 2.45) is 0 Å². The largest absolute Gasteiger partial charge is 0.502 e. The Morgan fingerprint density at radius 3 is 2.62 bits per heavy atom. The van der Waals surface area contributed by atoms with Gasteiger partial charge in [0.15, 0.2) is 0 Å². The molecule has 2 aromatic rings. The van der Waals surface area contributed by atoms with E-state index in [1.807, 2.05) is 0 Å². The molecule has 0 amide bonds. The Morgan fingerprint density at radius 2 is 2.05 bits per heavy atom. The zero-order valence-electron chi connectivity index (χ0n) is 10.7. The average Bonchev–Trinajstić information content (AvgIpc) is 2.40. The second-order valence-electron chi connectivity index (χ2n) is 4.26. The fraction of sp³-hybridized carbons (Fsp3) is 0.0769. The van der Waals surface area contributed by atoms with E-state index < -0.39 is 21.9 Å². The SMILES string of the molecule is Cc1cc(-c2cc(Cl)cc([N+](=O)[O-])c2O)c(C#N)c(=O)[nH]1. The molecule has 0 unspecified atom stereocenters. The van der Waals surface area contributed by atoms with E-state index in [-0.39, 0.29) is 21.7 Å². The van der Waals surface area contributed by atoms with Crippen LogP contribution in [-0.2, 0) is 0 Å². The van der Waals surface area contributed by atoms with E-state index in [1.165, 1.54) is 12.1 Å². The molecule has 2 N–H and O–H groups in total. The van der Waals surface area contributed by atoms with Crippen LogP contribution in [0.25, 0.3) is 11.1 Å². The summed E-state index contributed by atoms with van der Waals surface area (Å²) in [7, 11) is 0. The highest BCUT2D eigenvalue weighted by Crippen LogP contribution is 2.40. The molecule has 0 bridgehead atoms. The van der Waals surface area contributed by atoms with E-state index in [0.717, 1.165) is 6.07 Å². The number of nitro benzene ring substituents is 1. The van der Waals surface area contributed by atoms with E-state index in [2.05, 4.69) is 4.98 Å². The average molecular weight is 306 g/mol. The molecule has 106 valence electrons. The van der Waals surface area contributed by atoms with Gasteiger partial charge in [0, 0.05) is 27.9 Å². The quantitative estimate of drug-likeness (QED) is 0.652. The maximum Gasteiger partial charge on any atom is 0.312 e. The lowest BCUT2D eigenvalue weighted by Gasteiger charge is -2.08. The summed E-state index contributed by atoms with van der Waals surface area (Å²) >= 11 is 5.81. The van der Waals surface area contributed by atoms with Gasteiger partial charge in [-0.15, -0.1) is 0 Å². The van der Waals surface area contributed by atoms with Crippen LogP contribution >= 0.6 is 11.6 Å². The number of pyridine rings is 1. The van der Waals surface area contributed by atoms with E-state index in [0.29, 0.717) is 5.69 Å². The van der Waals surface area contributed by atoms with Gasteiger partial charge in [-0.05, 0) is 19.1 Å². The summed E-state index contributed by atoms with van der Waals surface area (Å²) in [6.07, 6.45) is 0. The van der Waals surface area contributed by atoms with Crippen molar-refractivity contribution >= 4 is 17.3 Å². The number of benzene rings is 1. The van der Waals surface area contributed by atoms with E-state index in [1.54, 1.807) is 13.0 Å². The molecule has 7 nitrogen and oxygen atoms in total. The fourth-order valence-corrected chi connectivity index (χ4v) is 2.15. The van der Waals surface area contributed by atoms with Gasteiger partial charge in [0.1, 0.15) is 11.6 Å². The Hall–Kier alpha value is -2.85. The number of hydrogen-bond donors (Lipinski definition) is 2. The van der Waals surface area contributed by atoms with Gasteiger partial charge in [0.05, 0.1) is 4.92 Å². The summed E-state index contributed by atoms with van der Waals surface area (Å²) in [6, 6.07) is 5.41. The molecule has 0 radical (unpaired) electrons. The molecule has 8 heteroatoms. The van der Waals surface area contributed by atoms with Gasteiger partial charge in [-0.2, -0.15) is 5.26 Å². The molecule has 0 spiro atoms. The number of H-pyrrole nitrogens is 1. The zero-order chi connectivity index (χ0) is 15.7. The summed E-state index contributed by atoms with van der Waals surface area (Å²) < 4.78 is 0. The van der Waals surface area contributed by atoms with Crippen LogP contribution in [0.3, 0.4) is 0 Å². The van der Waals surface area contributed by atoms with Crippen molar-refractivity contribution in [2.45, 2.75) is 6.92 Å². The van der Waals surface area contributed by atoms with Gasteiger partial charge in [0.25, 0.3) is 5.56 Å². The first-order valence-corrected chi connectivity index (χ1v) is 6.04. The third kappa shape index (κ3) is 2.57. The first-order chi connectivity index (χ1) is 9.85. The lowest BCUT2D eigenvalue weighted by molar-refractivity contribution is -0.385. The Balaban J connectivity index is 2.89. The smallest absolute Gasteiger partial charge is 0.312 e. The van der Waals surface area contributed by atoms with E-state index >= 15 is 0 Å². The number of phenolic OH excluding ortho intramolecular Hbond substituents is 1. The van der Waals surface area contributed by atoms with Crippen LogP contribution in [0, 0.1) is 28.4 Å². The number of aryl methyl sites for hydroxylation is 1. The van der Waals surface area contributed by atoms with E-state index in [4.69, 9.17) is 16.9 Å². The highest BCUT2D eigenvalue weighted by molar-refractivity contribution is 6.31. The van der Waals surface area contributed by atoms with Crippen molar-refractivity contribution in [3.05, 3.63) is 54.9 Å². The van der Waals surface area contributed by atoms with Crippen LogP contribution in [0.5, 0.6) is 5.75 Å². The zero-order valence-corrected chi connectivity index (χ0v) is 11.4. The normalized spacial score (nSPS) is 10.1. The standard InChI is InChI=1S/C13H8ClN3O4/c1-6-2-8(10(5-15)13(19)16-6)9-3-7(14)4-11(12(9)18)17(20)21/h2-4,18H,1H3,(H,16,19). The summed E-state index contributed by atoms with van der Waals surface area (Å²) in [5.41, 5.74) is -1.01. The van der Waals surface area contributed by atoms with Gasteiger partial charge in [-0.3, -0.25) is 14.9 Å². The predicted octanol–water partition coefficient (Wildman–Crippen LogP) is 2.49. The molecular weight excluding hydrogens is 298 g/mol. The molecule has 0 saturated heterocycles. The Morgan fingerprint density at radius 1 is 1.38 bits per heavy atom. The molecule has 0 saturated carbocycles. The third-order valence-corrected chi connectivity index (χ3v) is 3.04. The molecule has 0 fully saturated rings. The van der Waals surface area contributed by atoms with Crippen molar-refractivity contribution in [1.29, 1.82) is 5.26 Å². The highest BCUT2D eigenvalue weighted by Gasteiger charge is 2.22. The minimum Gasteiger partial charge on any atom is -0.502 e. The molecular formula is C13H8ClN3O4. The van der Waals surface area contributed by atoms with Crippen molar-refractivity contribution < 1.29 is 10.0 Å². The fourth-order valence-electron chi connectivity index (χ4n) is 1.94. The van der Waals surface area contributed by atoms with Gasteiger partial charge in [0.2, 0.25) is 5.75 Å². The number of aromatic nitrogens is 1. The molecule has 0 aliphatic carbocycles. The van der Waals surface area contributed by atoms with Crippen LogP contribution in [0.4, 0.5) is 5.69 Å². The number of nitrogens with zero attached hydrogens (tertiary/aromatic N) is 2. The lowest BCUT2D eigenvalue weighted by Crippen LogP contribution is -2.12. The molecule has 0 aliphatic rings. The second kappa shape index (κ2) is 5.26. The van der Waals surface area contributed by atoms with Crippen molar-refractivity contribution in [3.8, 4) is 22.9 Å². The number of phenols is 1. The Labute approximate surface area is 123 Å². The van der Waals surface area contributed by atoms with Gasteiger partial charge in [-0.1, -0.05) is 11.6 Å². The monoisotopic (exact) mass is 305 g/mol. The van der Waals surface area contributed by atoms with Crippen LogP contribution in [0.1, 0.15) is 11.3 Å². The van der Waals surface area contributed by atoms with Crippen molar-refractivity contribution in [3.63, 3.8) is 0 Å². The topological polar surface area (TPSA) is 120 Å². The molecule has 0 aliphatic heterocycles. The number of aromatic amines is 1. The lowest BCUT2D eigenvalue weighted by atomic mass is 9.99. The van der Waals surface area contributed by atoms with Gasteiger partial charge in [-0.25, -0.2) is 0 Å². The number of halogens is 1. The minimum absolute atomic E-state index is 0.0105. The second-order valence-corrected chi connectivity index (χ2v) is 4.70. The molecule has 0 atom stereocenters. The van der Waals surface area contributed by atoms with E-state index in [9.17, 15) is 20.0 Å². The van der Waals surface area contributed by atoms with Crippen LogP contribution in [-0.4, -0.2) is 15.0 Å². The summed E-state index contributed by atoms with van der Waals surface area (Å²) in [5, 5.41) is 30.0. The molecule has 1 heterocycles. The van der Waals surface area contributed by atoms with Crippen LogP contribution in [0.15, 0.2) is 23.0 Å². The first kappa shape index (κ1) is 14.6.